The van der Waals surface area contributed by atoms with Gasteiger partial charge in [-0.1, -0.05) is 42.0 Å². The van der Waals surface area contributed by atoms with E-state index in [1.807, 2.05) is 38.1 Å². The molecule has 0 saturated heterocycles. The standard InChI is InChI=1S/C25H28N2O4S/c1-18-5-15-24(16-6-18)32(29,30)27(3)22-11-7-20(8-12-22)17-25(28)26-19(2)21-9-13-23(31-4)14-10-21/h5-16,19H,17H2,1-4H3,(H,26,28). The van der Waals surface area contributed by atoms with Gasteiger partial charge in [0.25, 0.3) is 10.0 Å². The molecule has 7 heteroatoms. The van der Waals surface area contributed by atoms with Crippen LogP contribution in [0.4, 0.5) is 5.69 Å². The van der Waals surface area contributed by atoms with E-state index in [4.69, 9.17) is 4.74 Å². The molecular weight excluding hydrogens is 424 g/mol. The summed E-state index contributed by atoms with van der Waals surface area (Å²) in [7, 11) is -0.518. The zero-order valence-electron chi connectivity index (χ0n) is 18.7. The highest BCUT2D eigenvalue weighted by molar-refractivity contribution is 7.92. The molecule has 0 spiro atoms. The van der Waals surface area contributed by atoms with Crippen LogP contribution in [0.1, 0.15) is 29.7 Å². The Hall–Kier alpha value is -3.32. The van der Waals surface area contributed by atoms with Crippen molar-refractivity contribution in [1.82, 2.24) is 5.32 Å². The van der Waals surface area contributed by atoms with Crippen LogP contribution in [-0.2, 0) is 21.2 Å². The van der Waals surface area contributed by atoms with Gasteiger partial charge in [0, 0.05) is 7.05 Å². The fourth-order valence-corrected chi connectivity index (χ4v) is 4.48. The molecule has 0 heterocycles. The van der Waals surface area contributed by atoms with Crippen LogP contribution in [0.15, 0.2) is 77.7 Å². The summed E-state index contributed by atoms with van der Waals surface area (Å²) in [5.41, 5.74) is 3.31. The van der Waals surface area contributed by atoms with Crippen LogP contribution in [0, 0.1) is 6.92 Å². The number of ether oxygens (including phenoxy) is 1. The molecule has 1 amide bonds. The normalized spacial score (nSPS) is 12.1. The van der Waals surface area contributed by atoms with Gasteiger partial charge in [-0.2, -0.15) is 0 Å². The zero-order chi connectivity index (χ0) is 23.3. The molecule has 0 aliphatic rings. The number of hydrogen-bond donors (Lipinski definition) is 1. The first kappa shape index (κ1) is 23.3. The Morgan fingerprint density at radius 1 is 0.969 bits per heavy atom. The largest absolute Gasteiger partial charge is 0.497 e. The smallest absolute Gasteiger partial charge is 0.264 e. The lowest BCUT2D eigenvalue weighted by Crippen LogP contribution is -2.28. The SMILES string of the molecule is COc1ccc(C(C)NC(=O)Cc2ccc(N(C)S(=O)(=O)c3ccc(C)cc3)cc2)cc1. The van der Waals surface area contributed by atoms with E-state index < -0.39 is 10.0 Å². The summed E-state index contributed by atoms with van der Waals surface area (Å²) < 4.78 is 32.1. The lowest BCUT2D eigenvalue weighted by Gasteiger charge is -2.20. The van der Waals surface area contributed by atoms with Crippen LogP contribution in [-0.4, -0.2) is 28.5 Å². The van der Waals surface area contributed by atoms with Gasteiger partial charge < -0.3 is 10.1 Å². The maximum Gasteiger partial charge on any atom is 0.264 e. The van der Waals surface area contributed by atoms with Crippen molar-refractivity contribution in [2.75, 3.05) is 18.5 Å². The summed E-state index contributed by atoms with van der Waals surface area (Å²) in [6, 6.07) is 21.1. The Morgan fingerprint density at radius 2 is 1.56 bits per heavy atom. The third-order valence-corrected chi connectivity index (χ3v) is 7.14. The second kappa shape index (κ2) is 9.87. The van der Waals surface area contributed by atoms with E-state index in [0.717, 1.165) is 22.4 Å². The molecule has 3 rings (SSSR count). The van der Waals surface area contributed by atoms with Gasteiger partial charge in [-0.3, -0.25) is 9.10 Å². The van der Waals surface area contributed by atoms with Crippen molar-refractivity contribution in [3.63, 3.8) is 0 Å². The van der Waals surface area contributed by atoms with E-state index in [2.05, 4.69) is 5.32 Å². The molecule has 1 N–H and O–H groups in total. The molecule has 0 aliphatic carbocycles. The number of carbonyl (C=O) groups is 1. The molecule has 0 fully saturated rings. The van der Waals surface area contributed by atoms with Crippen LogP contribution >= 0.6 is 0 Å². The third-order valence-electron chi connectivity index (χ3n) is 5.34. The molecule has 0 saturated carbocycles. The Morgan fingerprint density at radius 3 is 2.12 bits per heavy atom. The summed E-state index contributed by atoms with van der Waals surface area (Å²) in [5, 5.41) is 2.98. The monoisotopic (exact) mass is 452 g/mol. The van der Waals surface area contributed by atoms with Crippen molar-refractivity contribution in [2.24, 2.45) is 0 Å². The van der Waals surface area contributed by atoms with Crippen molar-refractivity contribution >= 4 is 21.6 Å². The van der Waals surface area contributed by atoms with Gasteiger partial charge in [0.05, 0.1) is 30.2 Å². The molecule has 0 aromatic heterocycles. The highest BCUT2D eigenvalue weighted by Gasteiger charge is 2.21. The molecule has 1 atom stereocenters. The van der Waals surface area contributed by atoms with Gasteiger partial charge in [-0.25, -0.2) is 8.42 Å². The van der Waals surface area contributed by atoms with Crippen LogP contribution < -0.4 is 14.4 Å². The van der Waals surface area contributed by atoms with Crippen molar-refractivity contribution < 1.29 is 17.9 Å². The van der Waals surface area contributed by atoms with Gasteiger partial charge in [0.1, 0.15) is 5.75 Å². The van der Waals surface area contributed by atoms with E-state index in [-0.39, 0.29) is 23.3 Å². The summed E-state index contributed by atoms with van der Waals surface area (Å²) >= 11 is 0. The van der Waals surface area contributed by atoms with Crippen molar-refractivity contribution in [3.8, 4) is 5.75 Å². The van der Waals surface area contributed by atoms with Gasteiger partial charge in [0.15, 0.2) is 0 Å². The second-order valence-corrected chi connectivity index (χ2v) is 9.66. The molecule has 6 nitrogen and oxygen atoms in total. The molecule has 32 heavy (non-hydrogen) atoms. The average Bonchev–Trinajstić information content (AvgIpc) is 2.79. The van der Waals surface area contributed by atoms with E-state index >= 15 is 0 Å². The highest BCUT2D eigenvalue weighted by atomic mass is 32.2. The number of sulfonamides is 1. The number of carbonyl (C=O) groups excluding carboxylic acids is 1. The van der Waals surface area contributed by atoms with Gasteiger partial charge in [-0.05, 0) is 61.4 Å². The van der Waals surface area contributed by atoms with E-state index in [0.29, 0.717) is 5.69 Å². The molecule has 0 bridgehead atoms. The van der Waals surface area contributed by atoms with E-state index in [1.165, 1.54) is 11.4 Å². The predicted octanol–water partition coefficient (Wildman–Crippen LogP) is 4.25. The third kappa shape index (κ3) is 5.48. The topological polar surface area (TPSA) is 75.7 Å². The maximum atomic E-state index is 12.9. The zero-order valence-corrected chi connectivity index (χ0v) is 19.5. The lowest BCUT2D eigenvalue weighted by atomic mass is 10.1. The molecule has 0 radical (unpaired) electrons. The van der Waals surface area contributed by atoms with Crippen LogP contribution in [0.3, 0.4) is 0 Å². The van der Waals surface area contributed by atoms with Gasteiger partial charge in [-0.15, -0.1) is 0 Å². The van der Waals surface area contributed by atoms with Crippen LogP contribution in [0.5, 0.6) is 5.75 Å². The van der Waals surface area contributed by atoms with E-state index in [9.17, 15) is 13.2 Å². The van der Waals surface area contributed by atoms with Crippen LogP contribution in [0.2, 0.25) is 0 Å². The number of rotatable bonds is 8. The Bertz CT molecular complexity index is 1160. The lowest BCUT2D eigenvalue weighted by molar-refractivity contribution is -0.121. The second-order valence-electron chi connectivity index (χ2n) is 7.69. The number of benzene rings is 3. The van der Waals surface area contributed by atoms with Crippen molar-refractivity contribution in [3.05, 3.63) is 89.5 Å². The number of hydrogen-bond acceptors (Lipinski definition) is 4. The minimum Gasteiger partial charge on any atom is -0.497 e. The number of nitrogens with one attached hydrogen (secondary N) is 1. The summed E-state index contributed by atoms with van der Waals surface area (Å²) in [6.45, 7) is 3.83. The van der Waals surface area contributed by atoms with Crippen molar-refractivity contribution in [1.29, 1.82) is 0 Å². The first-order valence-corrected chi connectivity index (χ1v) is 11.7. The molecule has 1 unspecified atom stereocenters. The number of nitrogens with zero attached hydrogens (tertiary/aromatic N) is 1. The van der Waals surface area contributed by atoms with Gasteiger partial charge in [0.2, 0.25) is 5.91 Å². The average molecular weight is 453 g/mol. The van der Waals surface area contributed by atoms with Gasteiger partial charge >= 0.3 is 0 Å². The molecule has 168 valence electrons. The Labute approximate surface area is 189 Å². The minimum absolute atomic E-state index is 0.110. The fourth-order valence-electron chi connectivity index (χ4n) is 3.28. The number of anilines is 1. The van der Waals surface area contributed by atoms with E-state index in [1.54, 1.807) is 55.6 Å². The maximum absolute atomic E-state index is 12.9. The molecule has 3 aromatic rings. The molecule has 0 aliphatic heterocycles. The molecule has 3 aromatic carbocycles. The summed E-state index contributed by atoms with van der Waals surface area (Å²) in [5.74, 6) is 0.656. The Kier molecular flexibility index (Phi) is 7.20. The van der Waals surface area contributed by atoms with Crippen molar-refractivity contribution in [2.45, 2.75) is 31.2 Å². The first-order chi connectivity index (χ1) is 15.2. The Balaban J connectivity index is 1.63. The number of aryl methyl sites for hydroxylation is 1. The quantitative estimate of drug-likeness (QED) is 0.554. The minimum atomic E-state index is -3.65. The first-order valence-electron chi connectivity index (χ1n) is 10.3. The summed E-state index contributed by atoms with van der Waals surface area (Å²) in [4.78, 5) is 12.7. The molecular formula is C25H28N2O4S. The highest BCUT2D eigenvalue weighted by Crippen LogP contribution is 2.23. The fraction of sp³-hybridized carbons (Fsp3) is 0.240. The number of methoxy groups -OCH3 is 1. The number of amides is 1. The summed E-state index contributed by atoms with van der Waals surface area (Å²) in [6.07, 6.45) is 0.204. The predicted molar refractivity (Wildman–Crippen MR) is 126 cm³/mol. The van der Waals surface area contributed by atoms with Crippen LogP contribution in [0.25, 0.3) is 0 Å².